The average molecular weight is 261 g/mol. The van der Waals surface area contributed by atoms with Gasteiger partial charge in [0.1, 0.15) is 11.4 Å². The molecule has 102 valence electrons. The largest absolute Gasteiger partial charge is 0.493 e. The Balaban J connectivity index is 1.75. The van der Waals surface area contributed by atoms with Gasteiger partial charge in [-0.3, -0.25) is 0 Å². The van der Waals surface area contributed by atoms with Gasteiger partial charge in [0.25, 0.3) is 0 Å². The highest BCUT2D eigenvalue weighted by atomic mass is 19.1. The maximum atomic E-state index is 15.5. The van der Waals surface area contributed by atoms with E-state index in [1.54, 1.807) is 0 Å². The number of nitrogens with one attached hydrogen (secondary N) is 1. The fourth-order valence-corrected chi connectivity index (χ4v) is 4.05. The van der Waals surface area contributed by atoms with Gasteiger partial charge in [0.05, 0.1) is 6.61 Å². The highest BCUT2D eigenvalue weighted by Gasteiger charge is 2.46. The standard InChI is InChI=1S/C16H20FNO/c17-16(9-12-6-7-13(10-16)18-12)14-5-1-3-11-4-2-8-19-15(11)14/h1,3,5,12-13,18H,2,4,6-10H2. The van der Waals surface area contributed by atoms with Crippen molar-refractivity contribution in [3.8, 4) is 5.75 Å². The van der Waals surface area contributed by atoms with Gasteiger partial charge in [-0.1, -0.05) is 18.2 Å². The summed E-state index contributed by atoms with van der Waals surface area (Å²) in [5, 5.41) is 3.51. The molecule has 3 heteroatoms. The lowest BCUT2D eigenvalue weighted by Gasteiger charge is -2.37. The zero-order chi connectivity index (χ0) is 12.9. The van der Waals surface area contributed by atoms with Crippen molar-refractivity contribution < 1.29 is 9.13 Å². The molecule has 2 fully saturated rings. The van der Waals surface area contributed by atoms with Gasteiger partial charge >= 0.3 is 0 Å². The van der Waals surface area contributed by atoms with Crippen molar-refractivity contribution in [2.75, 3.05) is 6.61 Å². The SMILES string of the molecule is FC1(c2cccc3c2OCCC3)CC2CCC(C1)N2. The fourth-order valence-electron chi connectivity index (χ4n) is 4.05. The van der Waals surface area contributed by atoms with E-state index in [1.807, 2.05) is 12.1 Å². The van der Waals surface area contributed by atoms with Crippen LogP contribution in [0.5, 0.6) is 5.75 Å². The van der Waals surface area contributed by atoms with Crippen LogP contribution in [-0.2, 0) is 12.1 Å². The van der Waals surface area contributed by atoms with E-state index in [4.69, 9.17) is 4.74 Å². The fraction of sp³-hybridized carbons (Fsp3) is 0.625. The first-order valence-electron chi connectivity index (χ1n) is 7.45. The predicted octanol–water partition coefficient (Wildman–Crippen LogP) is 3.09. The summed E-state index contributed by atoms with van der Waals surface area (Å²) in [5.41, 5.74) is 0.800. The number of alkyl halides is 1. The van der Waals surface area contributed by atoms with Gasteiger partial charge in [0.2, 0.25) is 0 Å². The van der Waals surface area contributed by atoms with E-state index in [1.165, 1.54) is 5.56 Å². The van der Waals surface area contributed by atoms with E-state index in [9.17, 15) is 0 Å². The Morgan fingerprint density at radius 3 is 2.79 bits per heavy atom. The molecule has 0 spiro atoms. The van der Waals surface area contributed by atoms with E-state index < -0.39 is 5.67 Å². The minimum Gasteiger partial charge on any atom is -0.493 e. The summed E-state index contributed by atoms with van der Waals surface area (Å²) in [6.07, 6.45) is 5.50. The number of aryl methyl sites for hydroxylation is 1. The van der Waals surface area contributed by atoms with Crippen LogP contribution < -0.4 is 10.1 Å². The number of para-hydroxylation sites is 1. The number of fused-ring (bicyclic) bond motifs is 3. The number of benzene rings is 1. The molecule has 2 saturated heterocycles. The number of ether oxygens (including phenoxy) is 1. The monoisotopic (exact) mass is 261 g/mol. The highest BCUT2D eigenvalue weighted by Crippen LogP contribution is 2.48. The molecule has 1 aromatic rings. The second kappa shape index (κ2) is 4.20. The van der Waals surface area contributed by atoms with Crippen LogP contribution >= 0.6 is 0 Å². The van der Waals surface area contributed by atoms with Crippen molar-refractivity contribution in [3.63, 3.8) is 0 Å². The first-order valence-corrected chi connectivity index (χ1v) is 7.45. The van der Waals surface area contributed by atoms with Gasteiger partial charge in [-0.2, -0.15) is 0 Å². The molecule has 3 aliphatic heterocycles. The summed E-state index contributed by atoms with van der Waals surface area (Å²) < 4.78 is 21.3. The van der Waals surface area contributed by atoms with Crippen molar-refractivity contribution in [1.29, 1.82) is 0 Å². The Hall–Kier alpha value is -1.09. The Morgan fingerprint density at radius 2 is 2.00 bits per heavy atom. The van der Waals surface area contributed by atoms with E-state index in [2.05, 4.69) is 11.4 Å². The molecule has 2 unspecified atom stereocenters. The number of hydrogen-bond donors (Lipinski definition) is 1. The van der Waals surface area contributed by atoms with Gasteiger partial charge in [-0.25, -0.2) is 4.39 Å². The van der Waals surface area contributed by atoms with Crippen LogP contribution in [0.4, 0.5) is 4.39 Å². The lowest BCUT2D eigenvalue weighted by molar-refractivity contribution is 0.0824. The van der Waals surface area contributed by atoms with E-state index >= 15 is 4.39 Å². The molecule has 1 aromatic carbocycles. The Morgan fingerprint density at radius 1 is 1.21 bits per heavy atom. The second-order valence-electron chi connectivity index (χ2n) is 6.26. The molecule has 19 heavy (non-hydrogen) atoms. The molecule has 1 N–H and O–H groups in total. The van der Waals surface area contributed by atoms with Crippen molar-refractivity contribution in [2.45, 2.75) is 56.3 Å². The van der Waals surface area contributed by atoms with Crippen LogP contribution in [0.1, 0.15) is 43.2 Å². The van der Waals surface area contributed by atoms with Crippen molar-refractivity contribution >= 4 is 0 Å². The summed E-state index contributed by atoms with van der Waals surface area (Å²) in [4.78, 5) is 0. The molecule has 2 atom stereocenters. The van der Waals surface area contributed by atoms with Gasteiger partial charge in [-0.15, -0.1) is 0 Å². The van der Waals surface area contributed by atoms with E-state index in [-0.39, 0.29) is 0 Å². The number of piperidine rings is 1. The maximum absolute atomic E-state index is 15.5. The van der Waals surface area contributed by atoms with Gasteiger partial charge < -0.3 is 10.1 Å². The Labute approximate surface area is 113 Å². The third-order valence-electron chi connectivity index (χ3n) is 4.89. The number of halogens is 1. The van der Waals surface area contributed by atoms with Crippen molar-refractivity contribution in [3.05, 3.63) is 29.3 Å². The van der Waals surface area contributed by atoms with Gasteiger partial charge in [-0.05, 0) is 31.2 Å². The Kier molecular flexibility index (Phi) is 2.59. The molecule has 3 heterocycles. The molecule has 0 aliphatic carbocycles. The number of hydrogen-bond acceptors (Lipinski definition) is 2. The zero-order valence-electron chi connectivity index (χ0n) is 11.1. The summed E-state index contributed by atoms with van der Waals surface area (Å²) in [6, 6.07) is 6.71. The van der Waals surface area contributed by atoms with Crippen molar-refractivity contribution in [2.24, 2.45) is 0 Å². The minimum absolute atomic E-state index is 0.350. The third-order valence-corrected chi connectivity index (χ3v) is 4.89. The molecule has 0 aromatic heterocycles. The third kappa shape index (κ3) is 1.86. The summed E-state index contributed by atoms with van der Waals surface area (Å²) in [6.45, 7) is 0.727. The topological polar surface area (TPSA) is 21.3 Å². The summed E-state index contributed by atoms with van der Waals surface area (Å²) >= 11 is 0. The van der Waals surface area contributed by atoms with Crippen molar-refractivity contribution in [1.82, 2.24) is 5.32 Å². The molecule has 3 aliphatic rings. The van der Waals surface area contributed by atoms with Crippen LogP contribution in [-0.4, -0.2) is 18.7 Å². The zero-order valence-corrected chi connectivity index (χ0v) is 11.1. The molecule has 0 radical (unpaired) electrons. The van der Waals surface area contributed by atoms with Crippen LogP contribution in [0, 0.1) is 0 Å². The van der Waals surface area contributed by atoms with Crippen LogP contribution in [0.15, 0.2) is 18.2 Å². The molecular weight excluding hydrogens is 241 g/mol. The quantitative estimate of drug-likeness (QED) is 0.838. The molecule has 2 nitrogen and oxygen atoms in total. The smallest absolute Gasteiger partial charge is 0.142 e. The minimum atomic E-state index is -1.19. The van der Waals surface area contributed by atoms with Crippen LogP contribution in [0.3, 0.4) is 0 Å². The molecule has 0 saturated carbocycles. The normalized spacial score (nSPS) is 36.7. The lowest BCUT2D eigenvalue weighted by atomic mass is 9.81. The first kappa shape index (κ1) is 11.7. The van der Waals surface area contributed by atoms with E-state index in [0.29, 0.717) is 24.9 Å². The predicted molar refractivity (Wildman–Crippen MR) is 72.2 cm³/mol. The summed E-state index contributed by atoms with van der Waals surface area (Å²) in [5.74, 6) is 0.845. The van der Waals surface area contributed by atoms with Gasteiger partial charge in [0.15, 0.2) is 0 Å². The maximum Gasteiger partial charge on any atom is 0.142 e. The van der Waals surface area contributed by atoms with Gasteiger partial charge in [0, 0.05) is 30.5 Å². The molecular formula is C16H20FNO. The second-order valence-corrected chi connectivity index (χ2v) is 6.26. The molecule has 4 rings (SSSR count). The summed E-state index contributed by atoms with van der Waals surface area (Å²) in [7, 11) is 0. The molecule has 2 bridgehead atoms. The number of rotatable bonds is 1. The Bertz CT molecular complexity index is 490. The first-order chi connectivity index (χ1) is 9.24. The highest BCUT2D eigenvalue weighted by molar-refractivity contribution is 5.46. The molecule has 0 amide bonds. The van der Waals surface area contributed by atoms with E-state index in [0.717, 1.165) is 43.6 Å². The van der Waals surface area contributed by atoms with Crippen LogP contribution in [0.2, 0.25) is 0 Å². The average Bonchev–Trinajstić information content (AvgIpc) is 2.78. The lowest BCUT2D eigenvalue weighted by Crippen LogP contribution is -2.44. The van der Waals surface area contributed by atoms with Crippen LogP contribution in [0.25, 0.3) is 0 Å².